The van der Waals surface area contributed by atoms with Crippen LogP contribution in [-0.2, 0) is 9.47 Å². The Bertz CT molecular complexity index is 223. The molecular weight excluding hydrogens is 276 g/mol. The molecule has 0 aromatic rings. The van der Waals surface area contributed by atoms with Crippen molar-refractivity contribution in [2.24, 2.45) is 0 Å². The average Bonchev–Trinajstić information content (AvgIpc) is 2.52. The molecule has 0 atom stereocenters. The lowest BCUT2D eigenvalue weighted by Crippen LogP contribution is -2.17. The third-order valence-corrected chi connectivity index (χ3v) is 3.73. The largest absolute Gasteiger partial charge is 0.396 e. The number of hydrogen-bond acceptors (Lipinski definition) is 3. The van der Waals surface area contributed by atoms with E-state index in [1.165, 1.54) is 51.4 Å². The molecule has 22 heavy (non-hydrogen) atoms. The first-order valence-electron chi connectivity index (χ1n) is 9.34. The number of aliphatic hydroxyl groups is 1. The summed E-state index contributed by atoms with van der Waals surface area (Å²) in [5.74, 6) is 0. The van der Waals surface area contributed by atoms with Gasteiger partial charge in [-0.25, -0.2) is 0 Å². The standard InChI is InChI=1S/C19H38O3/c1-3-21-19(22-4-2)17-15-13-11-9-7-5-6-8-10-12-14-16-18-20/h12,14,19-20H,3-11,13,15-18H2,1-2H3/b14-12+. The third-order valence-electron chi connectivity index (χ3n) is 3.73. The number of rotatable bonds is 17. The minimum Gasteiger partial charge on any atom is -0.396 e. The zero-order chi connectivity index (χ0) is 16.3. The SMILES string of the molecule is CCOC(CCCCCCCCCC/C=C/CCO)OCC. The second kappa shape index (κ2) is 18.7. The Kier molecular flexibility index (Phi) is 18.3. The van der Waals surface area contributed by atoms with Crippen LogP contribution in [0.4, 0.5) is 0 Å². The molecule has 0 heterocycles. The van der Waals surface area contributed by atoms with Gasteiger partial charge in [0.15, 0.2) is 6.29 Å². The van der Waals surface area contributed by atoms with E-state index in [2.05, 4.69) is 12.2 Å². The Labute approximate surface area is 138 Å². The number of allylic oxidation sites excluding steroid dienone is 1. The van der Waals surface area contributed by atoms with Crippen molar-refractivity contribution >= 4 is 0 Å². The minimum absolute atomic E-state index is 0.00823. The molecule has 0 saturated carbocycles. The van der Waals surface area contributed by atoms with Gasteiger partial charge in [-0.3, -0.25) is 0 Å². The molecule has 0 aromatic carbocycles. The van der Waals surface area contributed by atoms with Gasteiger partial charge in [-0.15, -0.1) is 0 Å². The highest BCUT2D eigenvalue weighted by atomic mass is 16.7. The summed E-state index contributed by atoms with van der Waals surface area (Å²) in [4.78, 5) is 0. The number of hydrogen-bond donors (Lipinski definition) is 1. The van der Waals surface area contributed by atoms with Gasteiger partial charge in [0.25, 0.3) is 0 Å². The topological polar surface area (TPSA) is 38.7 Å². The minimum atomic E-state index is 0.00823. The van der Waals surface area contributed by atoms with Gasteiger partial charge in [-0.2, -0.15) is 0 Å². The van der Waals surface area contributed by atoms with Crippen molar-refractivity contribution in [3.05, 3.63) is 12.2 Å². The summed E-state index contributed by atoms with van der Waals surface area (Å²) in [6.07, 6.45) is 17.8. The van der Waals surface area contributed by atoms with Crippen molar-refractivity contribution < 1.29 is 14.6 Å². The van der Waals surface area contributed by atoms with Crippen LogP contribution in [0.15, 0.2) is 12.2 Å². The zero-order valence-electron chi connectivity index (χ0n) is 14.9. The number of ether oxygens (including phenoxy) is 2. The van der Waals surface area contributed by atoms with E-state index in [4.69, 9.17) is 14.6 Å². The quantitative estimate of drug-likeness (QED) is 0.227. The van der Waals surface area contributed by atoms with Crippen molar-refractivity contribution in [1.29, 1.82) is 0 Å². The average molecular weight is 315 g/mol. The molecule has 0 amide bonds. The fraction of sp³-hybridized carbons (Fsp3) is 0.895. The maximum atomic E-state index is 8.65. The fourth-order valence-corrected chi connectivity index (χ4v) is 2.53. The smallest absolute Gasteiger partial charge is 0.157 e. The maximum absolute atomic E-state index is 8.65. The maximum Gasteiger partial charge on any atom is 0.157 e. The first kappa shape index (κ1) is 21.6. The monoisotopic (exact) mass is 314 g/mol. The van der Waals surface area contributed by atoms with Crippen LogP contribution in [0.1, 0.15) is 84.5 Å². The van der Waals surface area contributed by atoms with Crippen molar-refractivity contribution in [2.45, 2.75) is 90.8 Å². The molecule has 0 rings (SSSR count). The van der Waals surface area contributed by atoms with E-state index >= 15 is 0 Å². The van der Waals surface area contributed by atoms with Crippen molar-refractivity contribution in [1.82, 2.24) is 0 Å². The van der Waals surface area contributed by atoms with E-state index in [1.807, 2.05) is 13.8 Å². The summed E-state index contributed by atoms with van der Waals surface area (Å²) in [5.41, 5.74) is 0. The molecule has 3 heteroatoms. The highest BCUT2D eigenvalue weighted by Gasteiger charge is 2.06. The van der Waals surface area contributed by atoms with Crippen molar-refractivity contribution in [2.75, 3.05) is 19.8 Å². The van der Waals surface area contributed by atoms with E-state index in [0.717, 1.165) is 32.5 Å². The Morgan fingerprint density at radius 2 is 1.23 bits per heavy atom. The molecule has 0 aromatic heterocycles. The van der Waals surface area contributed by atoms with Crippen LogP contribution >= 0.6 is 0 Å². The molecule has 0 bridgehead atoms. The second-order valence-electron chi connectivity index (χ2n) is 5.73. The molecule has 0 aliphatic rings. The molecule has 0 spiro atoms. The lowest BCUT2D eigenvalue weighted by molar-refractivity contribution is -0.140. The fourth-order valence-electron chi connectivity index (χ4n) is 2.53. The summed E-state index contributed by atoms with van der Waals surface area (Å²) in [7, 11) is 0. The Balaban J connectivity index is 3.22. The van der Waals surface area contributed by atoms with Crippen molar-refractivity contribution in [3.8, 4) is 0 Å². The second-order valence-corrected chi connectivity index (χ2v) is 5.73. The highest BCUT2D eigenvalue weighted by molar-refractivity contribution is 4.80. The van der Waals surface area contributed by atoms with Crippen LogP contribution in [0.3, 0.4) is 0 Å². The molecule has 0 saturated heterocycles. The zero-order valence-corrected chi connectivity index (χ0v) is 14.9. The van der Waals surface area contributed by atoms with Gasteiger partial charge in [0.05, 0.1) is 0 Å². The van der Waals surface area contributed by atoms with Gasteiger partial charge in [0.2, 0.25) is 0 Å². The van der Waals surface area contributed by atoms with E-state index in [0.29, 0.717) is 0 Å². The molecule has 0 fully saturated rings. The van der Waals surface area contributed by atoms with Gasteiger partial charge in [0, 0.05) is 19.8 Å². The molecular formula is C19H38O3. The van der Waals surface area contributed by atoms with Crippen LogP contribution < -0.4 is 0 Å². The first-order valence-corrected chi connectivity index (χ1v) is 9.34. The summed E-state index contributed by atoms with van der Waals surface area (Å²) in [6, 6.07) is 0. The van der Waals surface area contributed by atoms with Gasteiger partial charge < -0.3 is 14.6 Å². The first-order chi connectivity index (χ1) is 10.8. The molecule has 0 unspecified atom stereocenters. The van der Waals surface area contributed by atoms with Crippen LogP contribution in [0, 0.1) is 0 Å². The van der Waals surface area contributed by atoms with Crippen molar-refractivity contribution in [3.63, 3.8) is 0 Å². The lowest BCUT2D eigenvalue weighted by atomic mass is 10.1. The predicted octanol–water partition coefficient (Wildman–Crippen LogP) is 5.23. The van der Waals surface area contributed by atoms with E-state index in [9.17, 15) is 0 Å². The summed E-state index contributed by atoms with van der Waals surface area (Å²) < 4.78 is 11.1. The van der Waals surface area contributed by atoms with Gasteiger partial charge in [0.1, 0.15) is 0 Å². The van der Waals surface area contributed by atoms with E-state index in [1.54, 1.807) is 0 Å². The third kappa shape index (κ3) is 16.0. The van der Waals surface area contributed by atoms with Gasteiger partial charge in [-0.05, 0) is 46.0 Å². The number of aliphatic hydroxyl groups excluding tert-OH is 1. The molecule has 0 aliphatic heterocycles. The Morgan fingerprint density at radius 3 is 1.77 bits per heavy atom. The van der Waals surface area contributed by atoms with Crippen LogP contribution in [0.2, 0.25) is 0 Å². The predicted molar refractivity (Wildman–Crippen MR) is 94.1 cm³/mol. The summed E-state index contributed by atoms with van der Waals surface area (Å²) in [5, 5.41) is 8.65. The molecule has 0 radical (unpaired) electrons. The van der Waals surface area contributed by atoms with Gasteiger partial charge in [-0.1, -0.05) is 50.7 Å². The molecule has 1 N–H and O–H groups in total. The molecule has 0 aliphatic carbocycles. The number of unbranched alkanes of at least 4 members (excludes halogenated alkanes) is 8. The Morgan fingerprint density at radius 1 is 0.727 bits per heavy atom. The lowest BCUT2D eigenvalue weighted by Gasteiger charge is -2.16. The summed E-state index contributed by atoms with van der Waals surface area (Å²) in [6.45, 7) is 5.79. The van der Waals surface area contributed by atoms with E-state index < -0.39 is 0 Å². The van der Waals surface area contributed by atoms with E-state index in [-0.39, 0.29) is 12.9 Å². The van der Waals surface area contributed by atoms with Gasteiger partial charge >= 0.3 is 0 Å². The normalized spacial score (nSPS) is 11.8. The summed E-state index contributed by atoms with van der Waals surface area (Å²) >= 11 is 0. The molecule has 3 nitrogen and oxygen atoms in total. The molecule has 132 valence electrons. The van der Waals surface area contributed by atoms with Crippen LogP contribution in [0.25, 0.3) is 0 Å². The Hall–Kier alpha value is -0.380. The van der Waals surface area contributed by atoms with Crippen LogP contribution in [0.5, 0.6) is 0 Å². The highest BCUT2D eigenvalue weighted by Crippen LogP contribution is 2.13. The van der Waals surface area contributed by atoms with Crippen LogP contribution in [-0.4, -0.2) is 31.2 Å².